The molecule has 1 aromatic heterocycles. The van der Waals surface area contributed by atoms with E-state index in [0.29, 0.717) is 4.83 Å². The Morgan fingerprint density at radius 3 is 3.00 bits per heavy atom. The molecule has 1 heterocycles. The lowest BCUT2D eigenvalue weighted by Crippen LogP contribution is -2.20. The molecule has 0 aliphatic heterocycles. The Morgan fingerprint density at radius 2 is 2.46 bits per heavy atom. The molecule has 0 amide bonds. The molecule has 1 atom stereocenters. The van der Waals surface area contributed by atoms with E-state index in [9.17, 15) is 0 Å². The van der Waals surface area contributed by atoms with Crippen molar-refractivity contribution in [1.82, 2.24) is 9.88 Å². The second kappa shape index (κ2) is 5.73. The second-order valence-electron chi connectivity index (χ2n) is 3.23. The molecule has 0 saturated heterocycles. The van der Waals surface area contributed by atoms with Gasteiger partial charge in [0.2, 0.25) is 0 Å². The Kier molecular flexibility index (Phi) is 4.91. The fraction of sp³-hybridized carbons (Fsp3) is 0.667. The van der Waals surface area contributed by atoms with Crippen LogP contribution in [-0.4, -0.2) is 28.3 Å². The van der Waals surface area contributed by atoms with Crippen LogP contribution in [0.25, 0.3) is 0 Å². The molecular weight excluding hydrogens is 248 g/mol. The van der Waals surface area contributed by atoms with Crippen LogP contribution >= 0.6 is 27.3 Å². The maximum Gasteiger partial charge on any atom is 0.107 e. The standard InChI is InChI=1S/C9H15BrN2S/c1-8(10)3-5-12(2)7-9-11-4-6-13-9/h4,6,8H,3,5,7H2,1-2H3. The molecule has 0 spiro atoms. The molecule has 1 rings (SSSR count). The normalized spacial score (nSPS) is 13.5. The summed E-state index contributed by atoms with van der Waals surface area (Å²) < 4.78 is 0. The van der Waals surface area contributed by atoms with Crippen molar-refractivity contribution in [1.29, 1.82) is 0 Å². The molecule has 13 heavy (non-hydrogen) atoms. The van der Waals surface area contributed by atoms with Gasteiger partial charge in [-0.25, -0.2) is 4.98 Å². The molecule has 0 bridgehead atoms. The summed E-state index contributed by atoms with van der Waals surface area (Å²) in [6.07, 6.45) is 3.04. The Morgan fingerprint density at radius 1 is 1.69 bits per heavy atom. The first-order valence-electron chi connectivity index (χ1n) is 4.39. The fourth-order valence-corrected chi connectivity index (χ4v) is 1.94. The zero-order valence-corrected chi connectivity index (χ0v) is 10.4. The molecule has 1 unspecified atom stereocenters. The smallest absolute Gasteiger partial charge is 0.107 e. The molecule has 1 aromatic rings. The molecule has 74 valence electrons. The van der Waals surface area contributed by atoms with Crippen LogP contribution < -0.4 is 0 Å². The van der Waals surface area contributed by atoms with Crippen LogP contribution in [0.2, 0.25) is 0 Å². The van der Waals surface area contributed by atoms with Gasteiger partial charge in [0, 0.05) is 16.4 Å². The highest BCUT2D eigenvalue weighted by Gasteiger charge is 2.03. The van der Waals surface area contributed by atoms with Crippen LogP contribution in [0.15, 0.2) is 11.6 Å². The number of alkyl halides is 1. The Labute approximate surface area is 92.1 Å². The summed E-state index contributed by atoms with van der Waals surface area (Å²) in [6, 6.07) is 0. The van der Waals surface area contributed by atoms with Gasteiger partial charge in [-0.1, -0.05) is 22.9 Å². The minimum atomic E-state index is 0.603. The van der Waals surface area contributed by atoms with E-state index in [1.54, 1.807) is 11.3 Å². The van der Waals surface area contributed by atoms with Crippen LogP contribution in [0.4, 0.5) is 0 Å². The Hall–Kier alpha value is 0.0700. The first-order valence-corrected chi connectivity index (χ1v) is 6.19. The Bertz CT molecular complexity index is 224. The number of hydrogen-bond acceptors (Lipinski definition) is 3. The molecular formula is C9H15BrN2S. The molecule has 0 saturated carbocycles. The summed E-state index contributed by atoms with van der Waals surface area (Å²) in [5.74, 6) is 0. The third kappa shape index (κ3) is 4.74. The first kappa shape index (κ1) is 11.1. The van der Waals surface area contributed by atoms with E-state index in [1.807, 2.05) is 11.6 Å². The quantitative estimate of drug-likeness (QED) is 0.759. The van der Waals surface area contributed by atoms with Gasteiger partial charge in [-0.15, -0.1) is 11.3 Å². The van der Waals surface area contributed by atoms with Crippen LogP contribution in [0.1, 0.15) is 18.4 Å². The van der Waals surface area contributed by atoms with Gasteiger partial charge in [0.25, 0.3) is 0 Å². The molecule has 4 heteroatoms. The number of thiazole rings is 1. The van der Waals surface area contributed by atoms with Crippen molar-refractivity contribution in [2.75, 3.05) is 13.6 Å². The third-order valence-electron chi connectivity index (χ3n) is 1.80. The molecule has 0 aliphatic carbocycles. The summed E-state index contributed by atoms with van der Waals surface area (Å²) >= 11 is 5.26. The predicted molar refractivity (Wildman–Crippen MR) is 61.5 cm³/mol. The number of halogens is 1. The van der Waals surface area contributed by atoms with Crippen LogP contribution in [0.5, 0.6) is 0 Å². The van der Waals surface area contributed by atoms with Gasteiger partial charge in [0.05, 0.1) is 6.54 Å². The van der Waals surface area contributed by atoms with Crippen LogP contribution in [-0.2, 0) is 6.54 Å². The van der Waals surface area contributed by atoms with Crippen molar-refractivity contribution in [3.05, 3.63) is 16.6 Å². The monoisotopic (exact) mass is 262 g/mol. The summed E-state index contributed by atoms with van der Waals surface area (Å²) in [5.41, 5.74) is 0. The van der Waals surface area contributed by atoms with E-state index in [1.165, 1.54) is 11.4 Å². The minimum absolute atomic E-state index is 0.603. The zero-order chi connectivity index (χ0) is 9.68. The van der Waals surface area contributed by atoms with Gasteiger partial charge < -0.3 is 0 Å². The predicted octanol–water partition coefficient (Wildman–Crippen LogP) is 2.75. The highest BCUT2D eigenvalue weighted by atomic mass is 79.9. The molecule has 0 fully saturated rings. The van der Waals surface area contributed by atoms with Crippen molar-refractivity contribution >= 4 is 27.3 Å². The summed E-state index contributed by atoms with van der Waals surface area (Å²) in [7, 11) is 2.14. The van der Waals surface area contributed by atoms with E-state index < -0.39 is 0 Å². The number of aromatic nitrogens is 1. The van der Waals surface area contributed by atoms with E-state index >= 15 is 0 Å². The maximum atomic E-state index is 4.25. The summed E-state index contributed by atoms with van der Waals surface area (Å²) in [5, 5.41) is 3.22. The average molecular weight is 263 g/mol. The van der Waals surface area contributed by atoms with Gasteiger partial charge in [-0.2, -0.15) is 0 Å². The number of hydrogen-bond donors (Lipinski definition) is 0. The number of nitrogens with zero attached hydrogens (tertiary/aromatic N) is 2. The third-order valence-corrected chi connectivity index (χ3v) is 3.02. The van der Waals surface area contributed by atoms with Crippen molar-refractivity contribution in [3.63, 3.8) is 0 Å². The molecule has 0 radical (unpaired) electrons. The van der Waals surface area contributed by atoms with Crippen molar-refractivity contribution in [3.8, 4) is 0 Å². The largest absolute Gasteiger partial charge is 0.300 e. The molecule has 2 nitrogen and oxygen atoms in total. The van der Waals surface area contributed by atoms with Crippen molar-refractivity contribution < 1.29 is 0 Å². The average Bonchev–Trinajstić information content (AvgIpc) is 2.53. The van der Waals surface area contributed by atoms with E-state index in [-0.39, 0.29) is 0 Å². The molecule has 0 aliphatic rings. The summed E-state index contributed by atoms with van der Waals surface area (Å²) in [4.78, 5) is 7.15. The lowest BCUT2D eigenvalue weighted by atomic mass is 10.3. The van der Waals surface area contributed by atoms with E-state index in [0.717, 1.165) is 13.1 Å². The van der Waals surface area contributed by atoms with Gasteiger partial charge in [0.15, 0.2) is 0 Å². The lowest BCUT2D eigenvalue weighted by Gasteiger charge is -2.15. The van der Waals surface area contributed by atoms with Crippen molar-refractivity contribution in [2.45, 2.75) is 24.7 Å². The number of rotatable bonds is 5. The minimum Gasteiger partial charge on any atom is -0.300 e. The van der Waals surface area contributed by atoms with Gasteiger partial charge in [0.1, 0.15) is 5.01 Å². The van der Waals surface area contributed by atoms with Gasteiger partial charge >= 0.3 is 0 Å². The van der Waals surface area contributed by atoms with E-state index in [4.69, 9.17) is 0 Å². The van der Waals surface area contributed by atoms with Crippen LogP contribution in [0, 0.1) is 0 Å². The topological polar surface area (TPSA) is 16.1 Å². The van der Waals surface area contributed by atoms with E-state index in [2.05, 4.69) is 39.8 Å². The fourth-order valence-electron chi connectivity index (χ4n) is 1.04. The second-order valence-corrected chi connectivity index (χ2v) is 5.78. The van der Waals surface area contributed by atoms with Crippen molar-refractivity contribution in [2.24, 2.45) is 0 Å². The first-order chi connectivity index (χ1) is 6.18. The highest BCUT2D eigenvalue weighted by molar-refractivity contribution is 9.09. The molecule has 0 N–H and O–H groups in total. The molecule has 0 aromatic carbocycles. The maximum absolute atomic E-state index is 4.25. The summed E-state index contributed by atoms with van der Waals surface area (Å²) in [6.45, 7) is 4.26. The Balaban J connectivity index is 2.22. The SMILES string of the molecule is CC(Br)CCN(C)Cc1nccs1. The highest BCUT2D eigenvalue weighted by Crippen LogP contribution is 2.09. The lowest BCUT2D eigenvalue weighted by molar-refractivity contribution is 0.322. The van der Waals surface area contributed by atoms with Gasteiger partial charge in [-0.3, -0.25) is 4.90 Å². The van der Waals surface area contributed by atoms with Crippen LogP contribution in [0.3, 0.4) is 0 Å². The van der Waals surface area contributed by atoms with Gasteiger partial charge in [-0.05, 0) is 20.0 Å². The zero-order valence-electron chi connectivity index (χ0n) is 8.03.